The topological polar surface area (TPSA) is 88.0 Å². The van der Waals surface area contributed by atoms with Crippen molar-refractivity contribution in [3.05, 3.63) is 55.7 Å². The van der Waals surface area contributed by atoms with Gasteiger partial charge in [-0.2, -0.15) is 0 Å². The summed E-state index contributed by atoms with van der Waals surface area (Å²) in [6.07, 6.45) is 0. The Balaban J connectivity index is 2.21. The van der Waals surface area contributed by atoms with Crippen molar-refractivity contribution in [2.24, 2.45) is 0 Å². The van der Waals surface area contributed by atoms with Gasteiger partial charge in [-0.1, -0.05) is 15.9 Å². The number of nitrogens with zero attached hydrogens (tertiary/aromatic N) is 1. The maximum absolute atomic E-state index is 12.0. The van der Waals surface area contributed by atoms with E-state index < -0.39 is 10.8 Å². The molecule has 0 saturated heterocycles. The molecule has 0 aliphatic carbocycles. The molecule has 0 bridgehead atoms. The third kappa shape index (κ3) is 2.88. The molecule has 0 saturated carbocycles. The molecule has 0 aliphatic rings. The molecule has 1 aromatic carbocycles. The van der Waals surface area contributed by atoms with Crippen molar-refractivity contribution in [2.45, 2.75) is 13.8 Å². The number of aromatic nitrogens is 1. The van der Waals surface area contributed by atoms with Crippen molar-refractivity contribution in [1.29, 1.82) is 0 Å². The van der Waals surface area contributed by atoms with E-state index >= 15 is 0 Å². The number of nitrogens with one attached hydrogen (secondary N) is 2. The summed E-state index contributed by atoms with van der Waals surface area (Å²) >= 11 is 3.45. The molecule has 0 fully saturated rings. The zero-order valence-corrected chi connectivity index (χ0v) is 12.4. The van der Waals surface area contributed by atoms with Crippen LogP contribution in [-0.4, -0.2) is 15.8 Å². The van der Waals surface area contributed by atoms with Gasteiger partial charge in [0.05, 0.1) is 0 Å². The number of hydrogen-bond acceptors (Lipinski definition) is 3. The summed E-state index contributed by atoms with van der Waals surface area (Å²) in [7, 11) is 0. The molecule has 2 N–H and O–H groups in total. The van der Waals surface area contributed by atoms with Crippen LogP contribution >= 0.6 is 15.9 Å². The molecular weight excluding hydrogens is 326 g/mol. The monoisotopic (exact) mass is 337 g/mol. The lowest BCUT2D eigenvalue weighted by Gasteiger charge is -2.08. The van der Waals surface area contributed by atoms with Gasteiger partial charge >= 0.3 is 5.82 Å². The molecule has 20 heavy (non-hydrogen) atoms. The number of hydrogen-bond donors (Lipinski definition) is 2. The van der Waals surface area contributed by atoms with Gasteiger partial charge < -0.3 is 15.4 Å². The largest absolute Gasteiger partial charge is 0.358 e. The van der Waals surface area contributed by atoms with Gasteiger partial charge in [0.15, 0.2) is 5.69 Å². The van der Waals surface area contributed by atoms with Crippen molar-refractivity contribution in [2.75, 3.05) is 5.32 Å². The molecule has 2 aromatic rings. The van der Waals surface area contributed by atoms with Crippen LogP contribution in [0.25, 0.3) is 0 Å². The summed E-state index contributed by atoms with van der Waals surface area (Å²) in [6, 6.07) is 6.29. The zero-order valence-electron chi connectivity index (χ0n) is 10.9. The third-order valence-corrected chi connectivity index (χ3v) is 4.06. The maximum Gasteiger partial charge on any atom is 0.321 e. The Morgan fingerprint density at radius 3 is 2.40 bits per heavy atom. The summed E-state index contributed by atoms with van der Waals surface area (Å²) in [5.74, 6) is -0.627. The van der Waals surface area contributed by atoms with E-state index in [4.69, 9.17) is 0 Å². The van der Waals surface area contributed by atoms with Crippen LogP contribution in [-0.2, 0) is 0 Å². The van der Waals surface area contributed by atoms with Crippen LogP contribution in [0, 0.1) is 24.0 Å². The quantitative estimate of drug-likeness (QED) is 0.663. The second-order valence-electron chi connectivity index (χ2n) is 4.39. The van der Waals surface area contributed by atoms with E-state index in [1.54, 1.807) is 0 Å². The average molecular weight is 338 g/mol. The molecule has 1 heterocycles. The van der Waals surface area contributed by atoms with Gasteiger partial charge in [-0.05, 0) is 48.1 Å². The highest BCUT2D eigenvalue weighted by Crippen LogP contribution is 2.25. The number of carbonyl (C=O) groups excluding carboxylic acids is 1. The SMILES string of the molecule is Cc1cc(NC(=O)c2ccc([N+](=O)[O-])[nH]2)cc(C)c1Br. The van der Waals surface area contributed by atoms with Crippen molar-refractivity contribution >= 4 is 33.3 Å². The Morgan fingerprint density at radius 1 is 1.30 bits per heavy atom. The van der Waals surface area contributed by atoms with E-state index in [1.165, 1.54) is 12.1 Å². The number of anilines is 1. The molecule has 6 nitrogen and oxygen atoms in total. The molecule has 0 spiro atoms. The first-order valence-electron chi connectivity index (χ1n) is 5.80. The molecule has 1 aromatic heterocycles. The number of halogens is 1. The number of nitro groups is 1. The molecule has 2 rings (SSSR count). The maximum atomic E-state index is 12.0. The Bertz CT molecular complexity index is 671. The summed E-state index contributed by atoms with van der Waals surface area (Å²) in [5, 5.41) is 13.3. The molecule has 0 aliphatic heterocycles. The van der Waals surface area contributed by atoms with Crippen molar-refractivity contribution in [1.82, 2.24) is 4.98 Å². The van der Waals surface area contributed by atoms with Gasteiger partial charge in [-0.3, -0.25) is 4.79 Å². The van der Waals surface area contributed by atoms with Gasteiger partial charge in [-0.15, -0.1) is 0 Å². The summed E-state index contributed by atoms with van der Waals surface area (Å²) in [5.41, 5.74) is 2.79. The van der Waals surface area contributed by atoms with Crippen LogP contribution in [0.1, 0.15) is 21.6 Å². The molecule has 0 radical (unpaired) electrons. The second-order valence-corrected chi connectivity index (χ2v) is 5.19. The fourth-order valence-electron chi connectivity index (χ4n) is 1.84. The normalized spacial score (nSPS) is 10.3. The van der Waals surface area contributed by atoms with Gasteiger partial charge in [0.1, 0.15) is 0 Å². The minimum Gasteiger partial charge on any atom is -0.358 e. The highest BCUT2D eigenvalue weighted by molar-refractivity contribution is 9.10. The number of aryl methyl sites for hydroxylation is 2. The van der Waals surface area contributed by atoms with E-state index in [0.29, 0.717) is 5.69 Å². The van der Waals surface area contributed by atoms with Crippen LogP contribution in [0.15, 0.2) is 28.7 Å². The number of amides is 1. The first-order valence-corrected chi connectivity index (χ1v) is 6.59. The highest BCUT2D eigenvalue weighted by atomic mass is 79.9. The first-order chi connectivity index (χ1) is 9.38. The van der Waals surface area contributed by atoms with Gasteiger partial charge in [0, 0.05) is 16.2 Å². The third-order valence-electron chi connectivity index (χ3n) is 2.81. The van der Waals surface area contributed by atoms with Crippen LogP contribution in [0.3, 0.4) is 0 Å². The van der Waals surface area contributed by atoms with Crippen LogP contribution in [0.2, 0.25) is 0 Å². The Labute approximate surface area is 123 Å². The number of aromatic amines is 1. The Hall–Kier alpha value is -2.15. The fraction of sp³-hybridized carbons (Fsp3) is 0.154. The lowest BCUT2D eigenvalue weighted by molar-refractivity contribution is -0.389. The number of H-pyrrole nitrogens is 1. The Morgan fingerprint density at radius 2 is 1.90 bits per heavy atom. The van der Waals surface area contributed by atoms with Crippen molar-refractivity contribution in [3.8, 4) is 0 Å². The van der Waals surface area contributed by atoms with E-state index in [-0.39, 0.29) is 11.5 Å². The molecule has 0 unspecified atom stereocenters. The fourth-order valence-corrected chi connectivity index (χ4v) is 2.07. The van der Waals surface area contributed by atoms with Gasteiger partial charge in [-0.25, -0.2) is 4.98 Å². The average Bonchev–Trinajstić information content (AvgIpc) is 2.85. The lowest BCUT2D eigenvalue weighted by Crippen LogP contribution is -2.12. The van der Waals surface area contributed by atoms with Crippen LogP contribution in [0.4, 0.5) is 11.5 Å². The van der Waals surface area contributed by atoms with Crippen molar-refractivity contribution in [3.63, 3.8) is 0 Å². The van der Waals surface area contributed by atoms with Crippen LogP contribution < -0.4 is 5.32 Å². The second kappa shape index (κ2) is 5.46. The first kappa shape index (κ1) is 14.3. The number of carbonyl (C=O) groups is 1. The molecule has 1 amide bonds. The zero-order chi connectivity index (χ0) is 14.9. The molecule has 0 atom stereocenters. The predicted octanol–water partition coefficient (Wildman–Crippen LogP) is 3.55. The number of benzene rings is 1. The minimum atomic E-state index is -0.579. The van der Waals surface area contributed by atoms with E-state index in [9.17, 15) is 14.9 Å². The van der Waals surface area contributed by atoms with E-state index in [0.717, 1.165) is 15.6 Å². The molecule has 7 heteroatoms. The smallest absolute Gasteiger partial charge is 0.321 e. The van der Waals surface area contributed by atoms with E-state index in [2.05, 4.69) is 26.2 Å². The van der Waals surface area contributed by atoms with Gasteiger partial charge in [0.2, 0.25) is 0 Å². The van der Waals surface area contributed by atoms with Crippen molar-refractivity contribution < 1.29 is 9.72 Å². The predicted molar refractivity (Wildman–Crippen MR) is 79.0 cm³/mol. The Kier molecular flexibility index (Phi) is 3.89. The lowest BCUT2D eigenvalue weighted by atomic mass is 10.1. The van der Waals surface area contributed by atoms with E-state index in [1.807, 2.05) is 26.0 Å². The molecule has 104 valence electrons. The highest BCUT2D eigenvalue weighted by Gasteiger charge is 2.16. The minimum absolute atomic E-state index is 0.148. The molecular formula is C13H12BrN3O3. The number of rotatable bonds is 3. The van der Waals surface area contributed by atoms with Gasteiger partial charge in [0.25, 0.3) is 5.91 Å². The van der Waals surface area contributed by atoms with Crippen LogP contribution in [0.5, 0.6) is 0 Å². The summed E-state index contributed by atoms with van der Waals surface area (Å²) in [4.78, 5) is 24.4. The summed E-state index contributed by atoms with van der Waals surface area (Å²) in [6.45, 7) is 3.85. The standard InChI is InChI=1S/C13H12BrN3O3/c1-7-5-9(6-8(2)12(7)14)15-13(18)10-3-4-11(16-10)17(19)20/h3-6,16H,1-2H3,(H,15,18). The summed E-state index contributed by atoms with van der Waals surface area (Å²) < 4.78 is 0.992.